The number of ether oxygens (including phenoxy) is 1. The monoisotopic (exact) mass is 321 g/mol. The molecule has 0 aliphatic carbocycles. The maximum atomic E-state index is 12.4. The highest BCUT2D eigenvalue weighted by molar-refractivity contribution is 5.79. The Morgan fingerprint density at radius 2 is 2.35 bits per heavy atom. The summed E-state index contributed by atoms with van der Waals surface area (Å²) in [6.07, 6.45) is 4.14. The minimum atomic E-state index is 0.141. The van der Waals surface area contributed by atoms with Gasteiger partial charge in [-0.3, -0.25) is 14.4 Å². The Morgan fingerprint density at radius 1 is 1.52 bits per heavy atom. The zero-order chi connectivity index (χ0) is 16.4. The fraction of sp³-hybridized carbons (Fsp3) is 0.812. The summed E-state index contributed by atoms with van der Waals surface area (Å²) in [5, 5.41) is 11.4. The molecule has 0 aromatic carbocycles. The van der Waals surface area contributed by atoms with Gasteiger partial charge in [0.15, 0.2) is 0 Å². The van der Waals surface area contributed by atoms with Crippen molar-refractivity contribution >= 4 is 5.91 Å². The van der Waals surface area contributed by atoms with Crippen molar-refractivity contribution in [2.75, 3.05) is 20.2 Å². The standard InChI is InChI=1S/C16H27N5O2/c1-11(2)17-16(22)15-9-20-5-4-12(15)6-14(20)8-21-7-13(10-23-3)18-19-21/h7,11-12,14-15H,4-6,8-10H2,1-3H3,(H,17,22)/t12-,14+,15-/m0/s1. The smallest absolute Gasteiger partial charge is 0.224 e. The Kier molecular flexibility index (Phi) is 4.96. The van der Waals surface area contributed by atoms with Crippen LogP contribution in [0.3, 0.4) is 0 Å². The van der Waals surface area contributed by atoms with Crippen molar-refractivity contribution in [1.82, 2.24) is 25.2 Å². The summed E-state index contributed by atoms with van der Waals surface area (Å²) in [5.41, 5.74) is 0.859. The molecule has 3 aliphatic heterocycles. The summed E-state index contributed by atoms with van der Waals surface area (Å²) < 4.78 is 6.99. The van der Waals surface area contributed by atoms with E-state index in [9.17, 15) is 4.79 Å². The van der Waals surface area contributed by atoms with Crippen LogP contribution in [0.5, 0.6) is 0 Å². The lowest BCUT2D eigenvalue weighted by Crippen LogP contribution is -2.58. The molecule has 3 saturated heterocycles. The zero-order valence-corrected chi connectivity index (χ0v) is 14.2. The van der Waals surface area contributed by atoms with E-state index in [2.05, 4.69) is 20.5 Å². The second-order valence-corrected chi connectivity index (χ2v) is 7.07. The molecule has 0 saturated carbocycles. The Morgan fingerprint density at radius 3 is 3.00 bits per heavy atom. The average molecular weight is 321 g/mol. The van der Waals surface area contributed by atoms with E-state index in [1.165, 1.54) is 0 Å². The molecule has 2 bridgehead atoms. The molecule has 1 aromatic rings. The quantitative estimate of drug-likeness (QED) is 0.833. The van der Waals surface area contributed by atoms with Crippen LogP contribution in [0.1, 0.15) is 32.4 Å². The predicted octanol–water partition coefficient (Wildman–Crippen LogP) is 0.660. The number of nitrogens with one attached hydrogen (secondary N) is 1. The molecule has 7 nitrogen and oxygen atoms in total. The Labute approximate surface area is 137 Å². The normalized spacial score (nSPS) is 29.9. The SMILES string of the molecule is COCc1cn(C[C@H]2C[C@@H]3CCN2C[C@@H]3C(=O)NC(C)C)nn1. The molecule has 1 amide bonds. The molecule has 3 fully saturated rings. The number of piperidine rings is 3. The summed E-state index contributed by atoms with van der Waals surface area (Å²) in [7, 11) is 1.66. The van der Waals surface area contributed by atoms with E-state index in [0.29, 0.717) is 18.6 Å². The van der Waals surface area contributed by atoms with E-state index in [1.54, 1.807) is 7.11 Å². The highest BCUT2D eigenvalue weighted by atomic mass is 16.5. The van der Waals surface area contributed by atoms with E-state index >= 15 is 0 Å². The lowest BCUT2D eigenvalue weighted by molar-refractivity contribution is -0.133. The molecule has 1 unspecified atom stereocenters. The van der Waals surface area contributed by atoms with E-state index in [-0.39, 0.29) is 17.9 Å². The minimum absolute atomic E-state index is 0.141. The summed E-state index contributed by atoms with van der Waals surface area (Å²) in [5.74, 6) is 0.851. The summed E-state index contributed by atoms with van der Waals surface area (Å²) >= 11 is 0. The Balaban J connectivity index is 1.59. The van der Waals surface area contributed by atoms with Crippen LogP contribution in [-0.2, 0) is 22.7 Å². The van der Waals surface area contributed by atoms with Crippen molar-refractivity contribution < 1.29 is 9.53 Å². The van der Waals surface area contributed by atoms with E-state index < -0.39 is 0 Å². The second kappa shape index (κ2) is 6.97. The first-order valence-electron chi connectivity index (χ1n) is 8.49. The van der Waals surface area contributed by atoms with E-state index in [4.69, 9.17) is 4.74 Å². The lowest BCUT2D eigenvalue weighted by atomic mass is 9.75. The fourth-order valence-electron chi connectivity index (χ4n) is 3.87. The van der Waals surface area contributed by atoms with Gasteiger partial charge in [-0.05, 0) is 39.2 Å². The van der Waals surface area contributed by atoms with Crippen LogP contribution < -0.4 is 5.32 Å². The van der Waals surface area contributed by atoms with Crippen LogP contribution in [0.4, 0.5) is 0 Å². The first kappa shape index (κ1) is 16.4. The van der Waals surface area contributed by atoms with Crippen LogP contribution in [0.15, 0.2) is 6.20 Å². The average Bonchev–Trinajstić information content (AvgIpc) is 2.95. The molecule has 128 valence electrons. The zero-order valence-electron chi connectivity index (χ0n) is 14.2. The molecule has 23 heavy (non-hydrogen) atoms. The first-order chi connectivity index (χ1) is 11.1. The first-order valence-corrected chi connectivity index (χ1v) is 8.49. The van der Waals surface area contributed by atoms with Crippen molar-refractivity contribution in [1.29, 1.82) is 0 Å². The Bertz CT molecular complexity index is 544. The van der Waals surface area contributed by atoms with E-state index in [0.717, 1.165) is 38.2 Å². The number of nitrogens with zero attached hydrogens (tertiary/aromatic N) is 4. The van der Waals surface area contributed by atoms with Crippen LogP contribution >= 0.6 is 0 Å². The Hall–Kier alpha value is -1.47. The molecular formula is C16H27N5O2. The predicted molar refractivity (Wildman–Crippen MR) is 85.6 cm³/mol. The van der Waals surface area contributed by atoms with Crippen LogP contribution in [-0.4, -0.2) is 58.1 Å². The number of amides is 1. The number of carbonyl (C=O) groups is 1. The van der Waals surface area contributed by atoms with Crippen molar-refractivity contribution in [2.45, 2.75) is 51.9 Å². The van der Waals surface area contributed by atoms with Crippen LogP contribution in [0.25, 0.3) is 0 Å². The molecule has 7 heteroatoms. The fourth-order valence-corrected chi connectivity index (χ4v) is 3.87. The third kappa shape index (κ3) is 3.72. The molecule has 1 aromatic heterocycles. The number of fused-ring (bicyclic) bond motifs is 3. The molecule has 0 spiro atoms. The topological polar surface area (TPSA) is 72.3 Å². The molecule has 4 atom stereocenters. The van der Waals surface area contributed by atoms with Gasteiger partial charge in [0.2, 0.25) is 5.91 Å². The van der Waals surface area contributed by atoms with Gasteiger partial charge in [-0.15, -0.1) is 5.10 Å². The minimum Gasteiger partial charge on any atom is -0.378 e. The van der Waals surface area contributed by atoms with Crippen LogP contribution in [0, 0.1) is 11.8 Å². The van der Waals surface area contributed by atoms with Gasteiger partial charge in [-0.2, -0.15) is 0 Å². The summed E-state index contributed by atoms with van der Waals surface area (Å²) in [6, 6.07) is 0.664. The van der Waals surface area contributed by atoms with E-state index in [1.807, 2.05) is 24.7 Å². The molecule has 0 radical (unpaired) electrons. The largest absolute Gasteiger partial charge is 0.378 e. The molecule has 4 heterocycles. The maximum absolute atomic E-state index is 12.4. The third-order valence-electron chi connectivity index (χ3n) is 4.92. The highest BCUT2D eigenvalue weighted by Crippen LogP contribution is 2.36. The van der Waals surface area contributed by atoms with Crippen molar-refractivity contribution in [3.63, 3.8) is 0 Å². The molecule has 3 aliphatic rings. The maximum Gasteiger partial charge on any atom is 0.224 e. The van der Waals surface area contributed by atoms with Gasteiger partial charge < -0.3 is 10.1 Å². The number of aromatic nitrogens is 3. The van der Waals surface area contributed by atoms with Gasteiger partial charge in [0, 0.05) is 25.7 Å². The molecule has 1 N–H and O–H groups in total. The molecule has 4 rings (SSSR count). The summed E-state index contributed by atoms with van der Waals surface area (Å²) in [6.45, 7) is 7.32. The van der Waals surface area contributed by atoms with Gasteiger partial charge >= 0.3 is 0 Å². The highest BCUT2D eigenvalue weighted by Gasteiger charge is 2.43. The van der Waals surface area contributed by atoms with Gasteiger partial charge in [-0.1, -0.05) is 5.21 Å². The van der Waals surface area contributed by atoms with Crippen LogP contribution in [0.2, 0.25) is 0 Å². The number of carbonyl (C=O) groups excluding carboxylic acids is 1. The number of hydrogen-bond acceptors (Lipinski definition) is 5. The van der Waals surface area contributed by atoms with Crippen molar-refractivity contribution in [3.05, 3.63) is 11.9 Å². The third-order valence-corrected chi connectivity index (χ3v) is 4.92. The van der Waals surface area contributed by atoms with Crippen molar-refractivity contribution in [3.8, 4) is 0 Å². The second-order valence-electron chi connectivity index (χ2n) is 7.07. The van der Waals surface area contributed by atoms with Crippen molar-refractivity contribution in [2.24, 2.45) is 11.8 Å². The van der Waals surface area contributed by atoms with Gasteiger partial charge in [0.1, 0.15) is 5.69 Å². The van der Waals surface area contributed by atoms with Gasteiger partial charge in [0.25, 0.3) is 0 Å². The number of methoxy groups -OCH3 is 1. The molecular weight excluding hydrogens is 294 g/mol. The van der Waals surface area contributed by atoms with Gasteiger partial charge in [-0.25, -0.2) is 0 Å². The number of hydrogen-bond donors (Lipinski definition) is 1. The summed E-state index contributed by atoms with van der Waals surface area (Å²) in [4.78, 5) is 14.8. The lowest BCUT2D eigenvalue weighted by Gasteiger charge is -2.49. The van der Waals surface area contributed by atoms with Gasteiger partial charge in [0.05, 0.1) is 25.3 Å². The number of rotatable bonds is 6.